The molecule has 0 aliphatic carbocycles. The molecule has 2 aromatic heterocycles. The Hall–Kier alpha value is -4.25. The molecule has 2 aliphatic rings. The fourth-order valence-corrected chi connectivity index (χ4v) is 5.58. The zero-order valence-electron chi connectivity index (χ0n) is 26.5. The van der Waals surface area contributed by atoms with E-state index in [4.69, 9.17) is 23.9 Å². The quantitative estimate of drug-likeness (QED) is 0.283. The largest absolute Gasteiger partial charge is 0.488 e. The van der Waals surface area contributed by atoms with Crippen LogP contribution in [0.5, 0.6) is 11.6 Å². The van der Waals surface area contributed by atoms with E-state index in [9.17, 15) is 9.90 Å². The molecule has 10 heteroatoms. The molecule has 45 heavy (non-hydrogen) atoms. The predicted octanol–water partition coefficient (Wildman–Crippen LogP) is 5.29. The van der Waals surface area contributed by atoms with Crippen LogP contribution >= 0.6 is 0 Å². The summed E-state index contributed by atoms with van der Waals surface area (Å²) in [6, 6.07) is 16.0. The SMILES string of the molecule is C1COCCO1.CCOc1c(C(=O)O)cnn1-c1cccc(-c2cccc(C)c2OCc2ccc3c(c2C)CCN(C)CC3)n1. The number of carbonyl (C=O) groups is 1. The van der Waals surface area contributed by atoms with Crippen LogP contribution in [0.25, 0.3) is 17.1 Å². The predicted molar refractivity (Wildman–Crippen MR) is 172 cm³/mol. The standard InChI is InChI=1S/C31H34N4O4.C4H8O2/c1-5-38-30-26(31(36)37)18-32-35(30)28-11-7-10-27(33-28)25-9-6-8-20(2)29(25)39-19-23-13-12-22-14-16-34(4)17-15-24(22)21(23)3;1-2-6-4-3-5-1/h6-13,18H,5,14-17,19H2,1-4H3,(H,36,37);1-4H2. The van der Waals surface area contributed by atoms with Crippen LogP contribution in [-0.2, 0) is 28.9 Å². The Bertz CT molecular complexity index is 1600. The summed E-state index contributed by atoms with van der Waals surface area (Å²) in [4.78, 5) is 18.9. The minimum atomic E-state index is -1.10. The van der Waals surface area contributed by atoms with Crippen molar-refractivity contribution in [3.63, 3.8) is 0 Å². The summed E-state index contributed by atoms with van der Waals surface area (Å²) in [5.74, 6) is 0.283. The Morgan fingerprint density at radius 1 is 0.956 bits per heavy atom. The zero-order valence-corrected chi connectivity index (χ0v) is 26.5. The summed E-state index contributed by atoms with van der Waals surface area (Å²) in [5.41, 5.74) is 7.95. The van der Waals surface area contributed by atoms with Crippen LogP contribution in [0.3, 0.4) is 0 Å². The van der Waals surface area contributed by atoms with Crippen LogP contribution in [0.4, 0.5) is 0 Å². The summed E-state index contributed by atoms with van der Waals surface area (Å²) < 4.78 is 23.4. The van der Waals surface area contributed by atoms with Gasteiger partial charge in [-0.15, -0.1) is 0 Å². The second-order valence-electron chi connectivity index (χ2n) is 11.2. The van der Waals surface area contributed by atoms with Crippen molar-refractivity contribution >= 4 is 5.97 Å². The number of carboxylic acids is 1. The van der Waals surface area contributed by atoms with E-state index in [0.717, 1.165) is 69.2 Å². The molecular formula is C35H42N4O6. The summed E-state index contributed by atoms with van der Waals surface area (Å²) in [5, 5.41) is 13.8. The Labute approximate surface area is 264 Å². The molecule has 0 amide bonds. The molecule has 0 radical (unpaired) electrons. The van der Waals surface area contributed by atoms with Gasteiger partial charge in [0.1, 0.15) is 17.9 Å². The molecule has 6 rings (SSSR count). The third-order valence-corrected chi connectivity index (χ3v) is 8.11. The number of hydrogen-bond donors (Lipinski definition) is 1. The molecule has 0 unspecified atom stereocenters. The van der Waals surface area contributed by atoms with Crippen molar-refractivity contribution in [3.05, 3.63) is 88.1 Å². The fraction of sp³-hybridized carbons (Fsp3) is 0.400. The van der Waals surface area contributed by atoms with Gasteiger partial charge in [0.2, 0.25) is 5.88 Å². The van der Waals surface area contributed by atoms with Crippen LogP contribution in [0, 0.1) is 13.8 Å². The Kier molecular flexibility index (Phi) is 10.8. The number of rotatable bonds is 8. The minimum Gasteiger partial charge on any atom is -0.488 e. The Morgan fingerprint density at radius 2 is 1.69 bits per heavy atom. The Morgan fingerprint density at radius 3 is 2.40 bits per heavy atom. The molecule has 1 fully saturated rings. The maximum atomic E-state index is 11.7. The average Bonchev–Trinajstić information content (AvgIpc) is 3.38. The summed E-state index contributed by atoms with van der Waals surface area (Å²) in [7, 11) is 2.18. The molecule has 10 nitrogen and oxygen atoms in total. The van der Waals surface area contributed by atoms with E-state index in [1.54, 1.807) is 13.0 Å². The minimum absolute atomic E-state index is 0.00796. The molecule has 238 valence electrons. The van der Waals surface area contributed by atoms with Crippen molar-refractivity contribution in [3.8, 4) is 28.7 Å². The van der Waals surface area contributed by atoms with Gasteiger partial charge >= 0.3 is 5.97 Å². The first kappa shape index (κ1) is 32.2. The maximum absolute atomic E-state index is 11.7. The van der Waals surface area contributed by atoms with Gasteiger partial charge in [0.25, 0.3) is 0 Å². The van der Waals surface area contributed by atoms with Gasteiger partial charge in [0, 0.05) is 18.7 Å². The van der Waals surface area contributed by atoms with Gasteiger partial charge in [-0.3, -0.25) is 0 Å². The first-order valence-electron chi connectivity index (χ1n) is 15.5. The van der Waals surface area contributed by atoms with Gasteiger partial charge in [0.05, 0.1) is 44.9 Å². The molecule has 1 saturated heterocycles. The molecule has 0 saturated carbocycles. The van der Waals surface area contributed by atoms with Crippen LogP contribution in [0.1, 0.15) is 45.1 Å². The topological polar surface area (TPSA) is 108 Å². The molecule has 0 spiro atoms. The highest BCUT2D eigenvalue weighted by Crippen LogP contribution is 2.34. The van der Waals surface area contributed by atoms with E-state index in [-0.39, 0.29) is 11.4 Å². The molecule has 2 aromatic carbocycles. The lowest BCUT2D eigenvalue weighted by molar-refractivity contribution is -0.0334. The average molecular weight is 615 g/mol. The monoisotopic (exact) mass is 614 g/mol. The number of pyridine rings is 1. The second-order valence-corrected chi connectivity index (χ2v) is 11.2. The summed E-state index contributed by atoms with van der Waals surface area (Å²) in [6.07, 6.45) is 3.41. The molecule has 0 bridgehead atoms. The smallest absolute Gasteiger partial charge is 0.342 e. The number of hydrogen-bond acceptors (Lipinski definition) is 8. The first-order chi connectivity index (χ1) is 21.9. The summed E-state index contributed by atoms with van der Waals surface area (Å²) >= 11 is 0. The van der Waals surface area contributed by atoms with Gasteiger partial charge in [-0.25, -0.2) is 9.78 Å². The number of ether oxygens (including phenoxy) is 4. The molecule has 2 aliphatic heterocycles. The van der Waals surface area contributed by atoms with Crippen molar-refractivity contribution in [2.45, 2.75) is 40.2 Å². The van der Waals surface area contributed by atoms with Gasteiger partial charge < -0.3 is 29.0 Å². The normalized spacial score (nSPS) is 14.9. The van der Waals surface area contributed by atoms with Crippen molar-refractivity contribution in [2.75, 3.05) is 53.2 Å². The Balaban J connectivity index is 0.000000598. The lowest BCUT2D eigenvalue weighted by atomic mass is 9.94. The number of para-hydroxylation sites is 1. The number of aryl methyl sites for hydroxylation is 1. The van der Waals surface area contributed by atoms with Crippen molar-refractivity contribution in [1.29, 1.82) is 0 Å². The highest BCUT2D eigenvalue weighted by Gasteiger charge is 2.21. The number of nitrogens with zero attached hydrogens (tertiary/aromatic N) is 4. The number of carboxylic acid groups (broad SMARTS) is 1. The highest BCUT2D eigenvalue weighted by atomic mass is 16.6. The van der Waals surface area contributed by atoms with E-state index in [2.05, 4.69) is 36.1 Å². The van der Waals surface area contributed by atoms with Gasteiger partial charge in [-0.05, 0) is 86.7 Å². The summed E-state index contributed by atoms with van der Waals surface area (Å²) in [6.45, 7) is 12.1. The van der Waals surface area contributed by atoms with E-state index in [1.807, 2.05) is 37.3 Å². The van der Waals surface area contributed by atoms with E-state index < -0.39 is 5.97 Å². The second kappa shape index (κ2) is 15.2. The van der Waals surface area contributed by atoms with Crippen molar-refractivity contribution < 1.29 is 28.8 Å². The van der Waals surface area contributed by atoms with E-state index >= 15 is 0 Å². The maximum Gasteiger partial charge on any atom is 0.342 e. The number of aromatic carboxylic acids is 1. The third-order valence-electron chi connectivity index (χ3n) is 8.11. The number of likely N-dealkylation sites (N-methyl/N-ethyl adjacent to an activating group) is 1. The molecule has 4 heterocycles. The van der Waals surface area contributed by atoms with Crippen LogP contribution in [0.15, 0.2) is 54.7 Å². The van der Waals surface area contributed by atoms with Crippen molar-refractivity contribution in [1.82, 2.24) is 19.7 Å². The number of fused-ring (bicyclic) bond motifs is 1. The van der Waals surface area contributed by atoms with Crippen molar-refractivity contribution in [2.24, 2.45) is 0 Å². The van der Waals surface area contributed by atoms with Crippen LogP contribution < -0.4 is 9.47 Å². The lowest BCUT2D eigenvalue weighted by Gasteiger charge is -2.18. The van der Waals surface area contributed by atoms with Gasteiger partial charge in [-0.2, -0.15) is 9.78 Å². The molecule has 1 N–H and O–H groups in total. The zero-order chi connectivity index (χ0) is 31.8. The molecule has 0 atom stereocenters. The van der Waals surface area contributed by atoms with Gasteiger partial charge in [0.15, 0.2) is 5.82 Å². The van der Waals surface area contributed by atoms with Crippen LogP contribution in [-0.4, -0.2) is 83.9 Å². The highest BCUT2D eigenvalue weighted by molar-refractivity contribution is 5.90. The van der Waals surface area contributed by atoms with E-state index in [1.165, 1.54) is 33.1 Å². The van der Waals surface area contributed by atoms with Crippen LogP contribution in [0.2, 0.25) is 0 Å². The molecular weight excluding hydrogens is 572 g/mol. The van der Waals surface area contributed by atoms with Gasteiger partial charge in [-0.1, -0.05) is 30.3 Å². The first-order valence-corrected chi connectivity index (χ1v) is 15.5. The lowest BCUT2D eigenvalue weighted by Crippen LogP contribution is -2.20. The third kappa shape index (κ3) is 7.70. The van der Waals surface area contributed by atoms with E-state index in [0.29, 0.717) is 24.7 Å². The number of aromatic nitrogens is 3. The molecule has 4 aromatic rings. The fourth-order valence-electron chi connectivity index (χ4n) is 5.58. The number of benzene rings is 2.